The third-order valence-corrected chi connectivity index (χ3v) is 5.63. The number of amides is 4. The first-order valence-corrected chi connectivity index (χ1v) is 10.3. The van der Waals surface area contributed by atoms with E-state index in [9.17, 15) is 27.6 Å². The van der Waals surface area contributed by atoms with Crippen molar-refractivity contribution in [1.29, 1.82) is 0 Å². The van der Waals surface area contributed by atoms with Crippen LogP contribution in [0.4, 0.5) is 35.3 Å². The molecule has 0 radical (unpaired) electrons. The number of aromatic nitrogens is 2. The van der Waals surface area contributed by atoms with Gasteiger partial charge in [0.05, 0.1) is 11.7 Å². The highest BCUT2D eigenvalue weighted by atomic mass is 19.4. The molecular weight excluding hydrogens is 457 g/mol. The van der Waals surface area contributed by atoms with Crippen molar-refractivity contribution in [3.63, 3.8) is 0 Å². The van der Waals surface area contributed by atoms with Crippen LogP contribution in [0, 0.1) is 0 Å². The zero-order valence-electron chi connectivity index (χ0n) is 17.9. The fraction of sp³-hybridized carbons (Fsp3) is 0.350. The topological polar surface area (TPSA) is 146 Å². The minimum absolute atomic E-state index is 0.0842. The van der Waals surface area contributed by atoms with E-state index in [0.29, 0.717) is 25.2 Å². The monoisotopic (exact) mass is 478 g/mol. The molecule has 4 heterocycles. The van der Waals surface area contributed by atoms with Gasteiger partial charge in [-0.05, 0) is 37.6 Å². The Hall–Kier alpha value is -3.94. The summed E-state index contributed by atoms with van der Waals surface area (Å²) in [4.78, 5) is 49.0. The van der Waals surface area contributed by atoms with Gasteiger partial charge in [0.25, 0.3) is 11.8 Å². The third kappa shape index (κ3) is 4.44. The van der Waals surface area contributed by atoms with Crippen LogP contribution in [-0.2, 0) is 0 Å². The van der Waals surface area contributed by atoms with Gasteiger partial charge >= 0.3 is 12.2 Å². The number of urea groups is 1. The van der Waals surface area contributed by atoms with Crippen molar-refractivity contribution in [1.82, 2.24) is 20.7 Å². The lowest BCUT2D eigenvalue weighted by atomic mass is 10.1. The number of nitrogens with zero attached hydrogens (tertiary/aromatic N) is 4. The second kappa shape index (κ2) is 8.78. The second-order valence-electron chi connectivity index (χ2n) is 7.87. The van der Waals surface area contributed by atoms with E-state index < -0.39 is 30.1 Å². The highest BCUT2D eigenvalue weighted by Crippen LogP contribution is 2.39. The molecule has 5 N–H and O–H groups in total. The summed E-state index contributed by atoms with van der Waals surface area (Å²) in [6, 6.07) is 2.67. The van der Waals surface area contributed by atoms with Crippen LogP contribution in [0.1, 0.15) is 34.2 Å². The van der Waals surface area contributed by atoms with Crippen LogP contribution in [0.15, 0.2) is 30.5 Å². The molecule has 2 atom stereocenters. The molecule has 4 amide bonds. The zero-order chi connectivity index (χ0) is 24.6. The first kappa shape index (κ1) is 23.2. The van der Waals surface area contributed by atoms with Crippen molar-refractivity contribution in [2.45, 2.75) is 31.6 Å². The highest BCUT2D eigenvalue weighted by molar-refractivity contribution is 6.05. The number of rotatable bonds is 4. The van der Waals surface area contributed by atoms with Crippen LogP contribution < -0.4 is 31.7 Å². The van der Waals surface area contributed by atoms with Crippen LogP contribution in [-0.4, -0.2) is 59.2 Å². The van der Waals surface area contributed by atoms with Crippen molar-refractivity contribution in [2.24, 2.45) is 5.84 Å². The molecule has 0 aromatic carbocycles. The number of carbonyl (C=O) groups is 3. The molecule has 11 nitrogen and oxygen atoms in total. The molecule has 14 heteroatoms. The summed E-state index contributed by atoms with van der Waals surface area (Å²) in [7, 11) is 0. The number of nitrogens with two attached hydrogens (primary N) is 1. The molecule has 0 aliphatic carbocycles. The maximum absolute atomic E-state index is 13.2. The minimum Gasteiger partial charge on any atom is -0.366 e. The van der Waals surface area contributed by atoms with E-state index in [1.54, 1.807) is 6.07 Å². The predicted octanol–water partition coefficient (Wildman–Crippen LogP) is 1.39. The molecule has 180 valence electrons. The number of hydrazine groups is 1. The van der Waals surface area contributed by atoms with Gasteiger partial charge in [0.2, 0.25) is 0 Å². The molecule has 2 aromatic heterocycles. The van der Waals surface area contributed by atoms with Crippen LogP contribution in [0.2, 0.25) is 0 Å². The molecule has 2 aliphatic heterocycles. The predicted molar refractivity (Wildman–Crippen MR) is 115 cm³/mol. The standard InChI is InChI=1S/C20H21F3N8O3/c1-10(20(21,22)23)26-18(33)13-2-3-14-16(27-13)31(12-5-7-30(14)9-12)19(34)28-15-8-11(4-6-25-15)17(32)29-24/h2-4,6,8,10,12H,5,7,9,24H2,1H3,(H,26,33)(H,29,32)(H,25,28,34)/t10-,12?/m1/s1. The van der Waals surface area contributed by atoms with E-state index in [4.69, 9.17) is 5.84 Å². The van der Waals surface area contributed by atoms with Gasteiger partial charge in [-0.1, -0.05) is 0 Å². The molecule has 1 fully saturated rings. The fourth-order valence-electron chi connectivity index (χ4n) is 3.84. The van der Waals surface area contributed by atoms with E-state index >= 15 is 0 Å². The van der Waals surface area contributed by atoms with Gasteiger partial charge in [-0.3, -0.25) is 25.2 Å². The van der Waals surface area contributed by atoms with E-state index in [1.807, 2.05) is 15.6 Å². The number of nitrogens with one attached hydrogen (secondary N) is 3. The van der Waals surface area contributed by atoms with Crippen LogP contribution >= 0.6 is 0 Å². The van der Waals surface area contributed by atoms with E-state index in [0.717, 1.165) is 6.92 Å². The largest absolute Gasteiger partial charge is 0.408 e. The number of nitrogen functional groups attached to an aromatic ring is 1. The Morgan fingerprint density at radius 3 is 2.68 bits per heavy atom. The Labute approximate surface area is 191 Å². The van der Waals surface area contributed by atoms with Gasteiger partial charge in [-0.2, -0.15) is 13.2 Å². The SMILES string of the molecule is C[C@@H](NC(=O)c1ccc2c(n1)N(C(=O)Nc1cc(C(=O)NN)ccn1)C1CCN2C1)C(F)(F)F. The molecule has 4 rings (SSSR count). The van der Waals surface area contributed by atoms with Crippen LogP contribution in [0.3, 0.4) is 0 Å². The van der Waals surface area contributed by atoms with Crippen molar-refractivity contribution in [3.05, 3.63) is 41.7 Å². The lowest BCUT2D eigenvalue weighted by Gasteiger charge is -2.35. The van der Waals surface area contributed by atoms with E-state index in [1.165, 1.54) is 29.3 Å². The Kier molecular flexibility index (Phi) is 6.00. The van der Waals surface area contributed by atoms with Crippen molar-refractivity contribution in [2.75, 3.05) is 28.2 Å². The summed E-state index contributed by atoms with van der Waals surface area (Å²) in [5.41, 5.74) is 2.48. The molecule has 0 saturated carbocycles. The average Bonchev–Trinajstić information content (AvgIpc) is 3.21. The van der Waals surface area contributed by atoms with Crippen LogP contribution in [0.5, 0.6) is 0 Å². The fourth-order valence-corrected chi connectivity index (χ4v) is 3.84. The molecule has 1 unspecified atom stereocenters. The number of hydrogen-bond donors (Lipinski definition) is 4. The maximum Gasteiger partial charge on any atom is 0.408 e. The maximum atomic E-state index is 13.2. The summed E-state index contributed by atoms with van der Waals surface area (Å²) in [5, 5.41) is 4.47. The summed E-state index contributed by atoms with van der Waals surface area (Å²) >= 11 is 0. The average molecular weight is 478 g/mol. The first-order chi connectivity index (χ1) is 16.1. The van der Waals surface area contributed by atoms with Gasteiger partial charge in [0.1, 0.15) is 17.6 Å². The Balaban J connectivity index is 1.61. The number of fused-ring (bicyclic) bond motifs is 4. The summed E-state index contributed by atoms with van der Waals surface area (Å²) < 4.78 is 38.5. The normalized spacial score (nSPS) is 17.6. The lowest BCUT2D eigenvalue weighted by molar-refractivity contribution is -0.149. The van der Waals surface area contributed by atoms with Crippen LogP contribution in [0.25, 0.3) is 0 Å². The summed E-state index contributed by atoms with van der Waals surface area (Å²) in [6.45, 7) is 2.00. The smallest absolute Gasteiger partial charge is 0.366 e. The van der Waals surface area contributed by atoms with E-state index in [-0.39, 0.29) is 28.9 Å². The third-order valence-electron chi connectivity index (χ3n) is 5.63. The number of carbonyl (C=O) groups excluding carboxylic acids is 3. The summed E-state index contributed by atoms with van der Waals surface area (Å²) in [6.07, 6.45) is -2.66. The molecule has 0 spiro atoms. The van der Waals surface area contributed by atoms with Gasteiger partial charge in [0, 0.05) is 24.8 Å². The number of pyridine rings is 2. The van der Waals surface area contributed by atoms with Gasteiger partial charge in [0.15, 0.2) is 5.82 Å². The molecule has 2 aliphatic rings. The molecule has 2 bridgehead atoms. The van der Waals surface area contributed by atoms with Gasteiger partial charge in [-0.25, -0.2) is 20.6 Å². The van der Waals surface area contributed by atoms with Gasteiger partial charge < -0.3 is 10.2 Å². The highest BCUT2D eigenvalue weighted by Gasteiger charge is 2.41. The molecule has 34 heavy (non-hydrogen) atoms. The molecule has 2 aromatic rings. The lowest BCUT2D eigenvalue weighted by Crippen LogP contribution is -2.49. The molecule has 1 saturated heterocycles. The van der Waals surface area contributed by atoms with E-state index in [2.05, 4.69) is 15.3 Å². The summed E-state index contributed by atoms with van der Waals surface area (Å²) in [5.74, 6) is 3.78. The Morgan fingerprint density at radius 2 is 1.97 bits per heavy atom. The minimum atomic E-state index is -4.61. The first-order valence-electron chi connectivity index (χ1n) is 10.3. The van der Waals surface area contributed by atoms with Crippen molar-refractivity contribution >= 4 is 35.2 Å². The quantitative estimate of drug-likeness (QED) is 0.295. The number of anilines is 3. The number of hydrogen-bond acceptors (Lipinski definition) is 7. The van der Waals surface area contributed by atoms with Crippen molar-refractivity contribution < 1.29 is 27.6 Å². The zero-order valence-corrected chi connectivity index (χ0v) is 17.9. The number of halogens is 3. The molecular formula is C20H21F3N8O3. The Bertz CT molecular complexity index is 1140. The second-order valence-corrected chi connectivity index (χ2v) is 7.87. The Morgan fingerprint density at radius 1 is 1.21 bits per heavy atom. The van der Waals surface area contributed by atoms with Crippen molar-refractivity contribution in [3.8, 4) is 0 Å². The number of alkyl halides is 3. The van der Waals surface area contributed by atoms with Gasteiger partial charge in [-0.15, -0.1) is 0 Å².